The van der Waals surface area contributed by atoms with Gasteiger partial charge in [0, 0.05) is 5.92 Å². The van der Waals surface area contributed by atoms with Crippen LogP contribution in [0.1, 0.15) is 49.1 Å². The van der Waals surface area contributed by atoms with E-state index in [0.717, 1.165) is 47.9 Å². The summed E-state index contributed by atoms with van der Waals surface area (Å²) >= 11 is 0. The first kappa shape index (κ1) is 21.5. The first-order valence-electron chi connectivity index (χ1n) is 11.7. The Morgan fingerprint density at radius 3 is 2.06 bits per heavy atom. The number of fused-ring (bicyclic) bond motifs is 3. The topological polar surface area (TPSA) is 105 Å². The molecular formula is C26H28N2O5. The van der Waals surface area contributed by atoms with Crippen molar-refractivity contribution in [2.24, 2.45) is 11.8 Å². The van der Waals surface area contributed by atoms with Crippen molar-refractivity contribution in [2.45, 2.75) is 50.1 Å². The van der Waals surface area contributed by atoms with Crippen LogP contribution in [0.15, 0.2) is 48.5 Å². The van der Waals surface area contributed by atoms with Crippen molar-refractivity contribution >= 4 is 18.0 Å². The van der Waals surface area contributed by atoms with Crippen LogP contribution < -0.4 is 10.6 Å². The summed E-state index contributed by atoms with van der Waals surface area (Å²) in [7, 11) is 0. The molecule has 3 aliphatic rings. The van der Waals surface area contributed by atoms with Crippen molar-refractivity contribution in [3.8, 4) is 11.1 Å². The molecule has 0 aromatic heterocycles. The van der Waals surface area contributed by atoms with Crippen molar-refractivity contribution in [3.05, 3.63) is 59.7 Å². The average Bonchev–Trinajstić information content (AvgIpc) is 3.74. The Kier molecular flexibility index (Phi) is 5.79. The molecule has 33 heavy (non-hydrogen) atoms. The van der Waals surface area contributed by atoms with E-state index >= 15 is 0 Å². The van der Waals surface area contributed by atoms with Crippen molar-refractivity contribution in [3.63, 3.8) is 0 Å². The Morgan fingerprint density at radius 2 is 1.52 bits per heavy atom. The van der Waals surface area contributed by atoms with Gasteiger partial charge in [0.15, 0.2) is 0 Å². The molecule has 0 bridgehead atoms. The molecular weight excluding hydrogens is 420 g/mol. The van der Waals surface area contributed by atoms with Gasteiger partial charge in [0.2, 0.25) is 5.91 Å². The molecule has 5 rings (SSSR count). The second kappa shape index (κ2) is 8.89. The zero-order valence-corrected chi connectivity index (χ0v) is 18.3. The fourth-order valence-corrected chi connectivity index (χ4v) is 4.77. The van der Waals surface area contributed by atoms with Crippen molar-refractivity contribution in [2.75, 3.05) is 6.61 Å². The summed E-state index contributed by atoms with van der Waals surface area (Å²) in [6.07, 6.45) is 3.46. The molecule has 3 N–H and O–H groups in total. The van der Waals surface area contributed by atoms with Gasteiger partial charge in [-0.05, 0) is 53.4 Å². The molecule has 3 aliphatic carbocycles. The molecule has 2 amide bonds. The smallest absolute Gasteiger partial charge is 0.407 e. The fourth-order valence-electron chi connectivity index (χ4n) is 4.77. The number of alkyl carbamates (subject to hydrolysis) is 1. The van der Waals surface area contributed by atoms with Crippen LogP contribution in [0.5, 0.6) is 0 Å². The molecule has 2 saturated carbocycles. The van der Waals surface area contributed by atoms with Gasteiger partial charge in [-0.1, -0.05) is 61.4 Å². The molecule has 7 heteroatoms. The standard InChI is InChI=1S/C26H28N2O5/c29-24(28-23(25(30)31)16-11-12-16)22(13-15-9-10-15)27-26(32)33-14-21-19-7-3-1-5-17(19)18-6-2-4-8-20(18)21/h1-8,15-16,21-23H,9-14H2,(H,27,32)(H,28,29)(H,30,31). The lowest BCUT2D eigenvalue weighted by atomic mass is 9.98. The van der Waals surface area contributed by atoms with E-state index in [2.05, 4.69) is 34.9 Å². The number of carboxylic acid groups (broad SMARTS) is 1. The van der Waals surface area contributed by atoms with Gasteiger partial charge >= 0.3 is 12.1 Å². The van der Waals surface area contributed by atoms with Crippen LogP contribution in [0.3, 0.4) is 0 Å². The van der Waals surface area contributed by atoms with E-state index in [1.165, 1.54) is 0 Å². The second-order valence-corrected chi connectivity index (χ2v) is 9.36. The number of nitrogens with one attached hydrogen (secondary N) is 2. The molecule has 0 spiro atoms. The lowest BCUT2D eigenvalue weighted by Gasteiger charge is -2.22. The Bertz CT molecular complexity index is 1030. The molecule has 172 valence electrons. The second-order valence-electron chi connectivity index (χ2n) is 9.36. The third-order valence-corrected chi connectivity index (χ3v) is 6.88. The SMILES string of the molecule is O=C(NC(CC1CC1)C(=O)NC(C(=O)O)C1CC1)OCC1c2ccccc2-c2ccccc21. The normalized spacial score (nSPS) is 18.5. The Balaban J connectivity index is 1.23. The minimum atomic E-state index is -1.03. The summed E-state index contributed by atoms with van der Waals surface area (Å²) in [6.45, 7) is 0.164. The van der Waals surface area contributed by atoms with Gasteiger partial charge in [0.25, 0.3) is 0 Å². The summed E-state index contributed by atoms with van der Waals surface area (Å²) in [5.41, 5.74) is 4.53. The number of carbonyl (C=O) groups is 3. The lowest BCUT2D eigenvalue weighted by Crippen LogP contribution is -2.52. The number of hydrogen-bond donors (Lipinski definition) is 3. The monoisotopic (exact) mass is 448 g/mol. The predicted octanol–water partition coefficient (Wildman–Crippen LogP) is 3.67. The molecule has 0 heterocycles. The van der Waals surface area contributed by atoms with Crippen molar-refractivity contribution < 1.29 is 24.2 Å². The van der Waals surface area contributed by atoms with Crippen LogP contribution >= 0.6 is 0 Å². The maximum Gasteiger partial charge on any atom is 0.407 e. The van der Waals surface area contributed by atoms with Crippen LogP contribution in [0.2, 0.25) is 0 Å². The van der Waals surface area contributed by atoms with E-state index in [-0.39, 0.29) is 18.4 Å². The number of carboxylic acids is 1. The van der Waals surface area contributed by atoms with E-state index in [9.17, 15) is 19.5 Å². The number of benzene rings is 2. The summed E-state index contributed by atoms with van der Waals surface area (Å²) in [6, 6.07) is 14.5. The van der Waals surface area contributed by atoms with Crippen LogP contribution in [0, 0.1) is 11.8 Å². The van der Waals surface area contributed by atoms with Gasteiger partial charge in [-0.25, -0.2) is 9.59 Å². The molecule has 2 aromatic carbocycles. The molecule has 2 fully saturated rings. The summed E-state index contributed by atoms with van der Waals surface area (Å²) in [4.78, 5) is 37.0. The summed E-state index contributed by atoms with van der Waals surface area (Å²) < 4.78 is 5.59. The van der Waals surface area contributed by atoms with E-state index < -0.39 is 30.1 Å². The lowest BCUT2D eigenvalue weighted by molar-refractivity contribution is -0.142. The van der Waals surface area contributed by atoms with Crippen LogP contribution in [0.25, 0.3) is 11.1 Å². The first-order chi connectivity index (χ1) is 16.0. The molecule has 0 radical (unpaired) electrons. The van der Waals surface area contributed by atoms with Gasteiger partial charge in [-0.2, -0.15) is 0 Å². The molecule has 2 unspecified atom stereocenters. The predicted molar refractivity (Wildman–Crippen MR) is 122 cm³/mol. The highest BCUT2D eigenvalue weighted by atomic mass is 16.5. The van der Waals surface area contributed by atoms with Crippen molar-refractivity contribution in [1.82, 2.24) is 10.6 Å². The summed E-state index contributed by atoms with van der Waals surface area (Å²) in [5.74, 6) is -1.20. The zero-order valence-electron chi connectivity index (χ0n) is 18.3. The molecule has 7 nitrogen and oxygen atoms in total. The number of ether oxygens (including phenoxy) is 1. The molecule has 0 saturated heterocycles. The van der Waals surface area contributed by atoms with E-state index in [1.54, 1.807) is 0 Å². The van der Waals surface area contributed by atoms with E-state index in [0.29, 0.717) is 12.3 Å². The number of hydrogen-bond acceptors (Lipinski definition) is 4. The number of aliphatic carboxylic acids is 1. The first-order valence-corrected chi connectivity index (χ1v) is 11.7. The highest BCUT2D eigenvalue weighted by molar-refractivity contribution is 5.89. The third kappa shape index (κ3) is 4.72. The maximum atomic E-state index is 12.8. The van der Waals surface area contributed by atoms with Crippen LogP contribution in [-0.2, 0) is 14.3 Å². The van der Waals surface area contributed by atoms with Crippen LogP contribution in [-0.4, -0.2) is 41.8 Å². The Hall–Kier alpha value is -3.35. The highest BCUT2D eigenvalue weighted by Crippen LogP contribution is 2.44. The van der Waals surface area contributed by atoms with Gasteiger partial charge in [-0.3, -0.25) is 4.79 Å². The highest BCUT2D eigenvalue weighted by Gasteiger charge is 2.39. The molecule has 2 atom stereocenters. The Labute approximate surface area is 192 Å². The quantitative estimate of drug-likeness (QED) is 0.543. The average molecular weight is 449 g/mol. The minimum Gasteiger partial charge on any atom is -0.480 e. The maximum absolute atomic E-state index is 12.8. The Morgan fingerprint density at radius 1 is 0.909 bits per heavy atom. The number of rotatable bonds is 9. The van der Waals surface area contributed by atoms with Gasteiger partial charge in [-0.15, -0.1) is 0 Å². The molecule has 2 aromatic rings. The fraction of sp³-hybridized carbons (Fsp3) is 0.423. The van der Waals surface area contributed by atoms with E-state index in [4.69, 9.17) is 4.74 Å². The van der Waals surface area contributed by atoms with Gasteiger partial charge in [0.1, 0.15) is 18.7 Å². The molecule has 0 aliphatic heterocycles. The largest absolute Gasteiger partial charge is 0.480 e. The number of carbonyl (C=O) groups excluding carboxylic acids is 2. The minimum absolute atomic E-state index is 0.0255. The number of amides is 2. The van der Waals surface area contributed by atoms with Gasteiger partial charge < -0.3 is 20.5 Å². The zero-order chi connectivity index (χ0) is 22.9. The van der Waals surface area contributed by atoms with E-state index in [1.807, 2.05) is 24.3 Å². The summed E-state index contributed by atoms with van der Waals surface area (Å²) in [5, 5.41) is 14.8. The van der Waals surface area contributed by atoms with Crippen molar-refractivity contribution in [1.29, 1.82) is 0 Å². The third-order valence-electron chi connectivity index (χ3n) is 6.88. The van der Waals surface area contributed by atoms with Gasteiger partial charge in [0.05, 0.1) is 0 Å². The van der Waals surface area contributed by atoms with Crippen LogP contribution in [0.4, 0.5) is 4.79 Å².